The van der Waals surface area contributed by atoms with Gasteiger partial charge in [-0.2, -0.15) is 0 Å². The fraction of sp³-hybridized carbons (Fsp3) is 0.478. The van der Waals surface area contributed by atoms with Crippen LogP contribution in [0.3, 0.4) is 0 Å². The van der Waals surface area contributed by atoms with Gasteiger partial charge in [0.05, 0.1) is 12.8 Å². The Balaban J connectivity index is 1.29. The Morgan fingerprint density at radius 3 is 2.77 bits per heavy atom. The molecular formula is C23H28N6O2. The molecule has 0 bridgehead atoms. The number of piperidine rings is 1. The summed E-state index contributed by atoms with van der Waals surface area (Å²) in [4.78, 5) is 29.1. The maximum atomic E-state index is 12.8. The van der Waals surface area contributed by atoms with Crippen molar-refractivity contribution in [2.75, 3.05) is 30.4 Å². The van der Waals surface area contributed by atoms with Gasteiger partial charge < -0.3 is 19.5 Å². The van der Waals surface area contributed by atoms with Crippen LogP contribution in [0.2, 0.25) is 0 Å². The van der Waals surface area contributed by atoms with Crippen LogP contribution in [0.4, 0.5) is 11.5 Å². The van der Waals surface area contributed by atoms with Crippen molar-refractivity contribution in [2.24, 2.45) is 5.92 Å². The van der Waals surface area contributed by atoms with Gasteiger partial charge in [-0.25, -0.2) is 15.0 Å². The van der Waals surface area contributed by atoms with E-state index >= 15 is 0 Å². The molecule has 162 valence electrons. The number of nitrogens with zero attached hydrogens (tertiary/aromatic N) is 5. The first-order valence-electron chi connectivity index (χ1n) is 11.1. The minimum absolute atomic E-state index is 0.0304. The minimum atomic E-state index is -0.0304. The van der Waals surface area contributed by atoms with Crippen molar-refractivity contribution in [3.8, 4) is 5.75 Å². The summed E-state index contributed by atoms with van der Waals surface area (Å²) in [6.07, 6.45) is 7.80. The molecule has 0 atom stereocenters. The fourth-order valence-corrected chi connectivity index (χ4v) is 4.69. The van der Waals surface area contributed by atoms with Crippen molar-refractivity contribution in [1.29, 1.82) is 0 Å². The van der Waals surface area contributed by atoms with E-state index in [2.05, 4.69) is 24.8 Å². The number of hydrogen-bond donors (Lipinski definition) is 1. The Morgan fingerprint density at radius 2 is 1.94 bits per heavy atom. The second-order valence-electron chi connectivity index (χ2n) is 8.31. The summed E-state index contributed by atoms with van der Waals surface area (Å²) in [7, 11) is 1.61. The predicted octanol–water partition coefficient (Wildman–Crippen LogP) is 3.42. The molecule has 4 heterocycles. The van der Waals surface area contributed by atoms with Crippen LogP contribution in [0.15, 0.2) is 30.6 Å². The number of fused-ring (bicyclic) bond motifs is 3. The highest BCUT2D eigenvalue weighted by Gasteiger charge is 2.28. The lowest BCUT2D eigenvalue weighted by molar-refractivity contribution is -0.120. The zero-order valence-corrected chi connectivity index (χ0v) is 17.9. The lowest BCUT2D eigenvalue weighted by Crippen LogP contribution is -2.38. The van der Waals surface area contributed by atoms with Crippen molar-refractivity contribution in [1.82, 2.24) is 19.5 Å². The Hall–Kier alpha value is -3.16. The molecule has 2 aliphatic heterocycles. The number of para-hydroxylation sites is 2. The minimum Gasteiger partial charge on any atom is -0.495 e. The molecule has 0 spiro atoms. The van der Waals surface area contributed by atoms with Gasteiger partial charge >= 0.3 is 0 Å². The first kappa shape index (κ1) is 19.8. The van der Waals surface area contributed by atoms with E-state index in [1.807, 2.05) is 24.3 Å². The summed E-state index contributed by atoms with van der Waals surface area (Å²) in [5, 5.41) is 3.03. The highest BCUT2D eigenvalue weighted by molar-refractivity contribution is 5.94. The number of nitrogens with one attached hydrogen (secondary N) is 1. The number of anilines is 2. The molecule has 1 fully saturated rings. The predicted molar refractivity (Wildman–Crippen MR) is 119 cm³/mol. The number of aryl methyl sites for hydroxylation is 2. The SMILES string of the molecule is COc1ccccc1NC(=O)C1CCN(c2ncnc3c2nc2n3CCCCC2)CC1. The summed E-state index contributed by atoms with van der Waals surface area (Å²) >= 11 is 0. The van der Waals surface area contributed by atoms with Gasteiger partial charge in [0, 0.05) is 32.0 Å². The van der Waals surface area contributed by atoms with Crippen LogP contribution < -0.4 is 15.0 Å². The van der Waals surface area contributed by atoms with E-state index in [1.165, 1.54) is 19.3 Å². The van der Waals surface area contributed by atoms with Crippen LogP contribution in [0.5, 0.6) is 5.75 Å². The van der Waals surface area contributed by atoms with Crippen molar-refractivity contribution < 1.29 is 9.53 Å². The number of carbonyl (C=O) groups is 1. The number of benzene rings is 1. The first-order valence-corrected chi connectivity index (χ1v) is 11.1. The molecule has 0 radical (unpaired) electrons. The van der Waals surface area contributed by atoms with Crippen molar-refractivity contribution in [3.05, 3.63) is 36.4 Å². The maximum Gasteiger partial charge on any atom is 0.227 e. The van der Waals surface area contributed by atoms with Crippen LogP contribution >= 0.6 is 0 Å². The van der Waals surface area contributed by atoms with Gasteiger partial charge in [-0.3, -0.25) is 4.79 Å². The van der Waals surface area contributed by atoms with Crippen molar-refractivity contribution in [3.63, 3.8) is 0 Å². The molecule has 1 aromatic carbocycles. The number of rotatable bonds is 4. The number of aromatic nitrogens is 4. The number of carbonyl (C=O) groups excluding carboxylic acids is 1. The molecule has 3 aromatic rings. The van der Waals surface area contributed by atoms with Crippen molar-refractivity contribution in [2.45, 2.75) is 45.1 Å². The van der Waals surface area contributed by atoms with Crippen LogP contribution in [0.25, 0.3) is 11.2 Å². The average Bonchev–Trinajstić information content (AvgIpc) is 3.00. The number of imidazole rings is 1. The summed E-state index contributed by atoms with van der Waals surface area (Å²) in [6.45, 7) is 2.53. The molecule has 31 heavy (non-hydrogen) atoms. The van der Waals surface area contributed by atoms with E-state index in [0.29, 0.717) is 5.75 Å². The Kier molecular flexibility index (Phi) is 5.44. The standard InChI is InChI=1S/C23H28N6O2/c1-31-18-8-5-4-7-17(18)26-23(30)16-10-13-28(14-11-16)21-20-22(25-15-24-21)29-12-6-2-3-9-19(29)27-20/h4-5,7-8,15-16H,2-3,6,9-14H2,1H3,(H,26,30). The Labute approximate surface area is 181 Å². The third-order valence-corrected chi connectivity index (χ3v) is 6.40. The molecule has 0 saturated carbocycles. The van der Waals surface area contributed by atoms with Crippen LogP contribution in [-0.4, -0.2) is 45.6 Å². The highest BCUT2D eigenvalue weighted by atomic mass is 16.5. The third kappa shape index (κ3) is 3.82. The second-order valence-corrected chi connectivity index (χ2v) is 8.31. The summed E-state index contributed by atoms with van der Waals surface area (Å²) in [5.74, 6) is 2.72. The van der Waals surface area contributed by atoms with Gasteiger partial charge in [-0.1, -0.05) is 18.6 Å². The first-order chi connectivity index (χ1) is 15.2. The number of amides is 1. The number of hydrogen-bond acceptors (Lipinski definition) is 6. The molecule has 8 heteroatoms. The molecule has 2 aromatic heterocycles. The molecule has 8 nitrogen and oxygen atoms in total. The van der Waals surface area contributed by atoms with E-state index in [9.17, 15) is 4.79 Å². The molecule has 0 unspecified atom stereocenters. The van der Waals surface area contributed by atoms with E-state index in [4.69, 9.17) is 9.72 Å². The van der Waals surface area contributed by atoms with Crippen LogP contribution in [0.1, 0.15) is 37.9 Å². The third-order valence-electron chi connectivity index (χ3n) is 6.40. The van der Waals surface area contributed by atoms with E-state index in [0.717, 1.165) is 67.4 Å². The lowest BCUT2D eigenvalue weighted by atomic mass is 9.95. The van der Waals surface area contributed by atoms with Gasteiger partial charge in [0.25, 0.3) is 0 Å². The number of ether oxygens (including phenoxy) is 1. The normalized spacial score (nSPS) is 17.3. The highest BCUT2D eigenvalue weighted by Crippen LogP contribution is 2.30. The lowest BCUT2D eigenvalue weighted by Gasteiger charge is -2.32. The topological polar surface area (TPSA) is 85.2 Å². The molecule has 5 rings (SSSR count). The van der Waals surface area contributed by atoms with Crippen LogP contribution in [0, 0.1) is 5.92 Å². The zero-order valence-electron chi connectivity index (χ0n) is 17.9. The van der Waals surface area contributed by atoms with Gasteiger partial charge in [0.1, 0.15) is 17.9 Å². The van der Waals surface area contributed by atoms with Crippen molar-refractivity contribution >= 4 is 28.6 Å². The van der Waals surface area contributed by atoms with Gasteiger partial charge in [0.15, 0.2) is 17.0 Å². The fourth-order valence-electron chi connectivity index (χ4n) is 4.69. The monoisotopic (exact) mass is 420 g/mol. The van der Waals surface area contributed by atoms with Crippen LogP contribution in [-0.2, 0) is 17.8 Å². The molecule has 1 amide bonds. The van der Waals surface area contributed by atoms with Gasteiger partial charge in [-0.15, -0.1) is 0 Å². The maximum absolute atomic E-state index is 12.8. The molecule has 0 aliphatic carbocycles. The molecule has 2 aliphatic rings. The number of methoxy groups -OCH3 is 1. The largest absolute Gasteiger partial charge is 0.495 e. The van der Waals surface area contributed by atoms with Gasteiger partial charge in [-0.05, 0) is 37.8 Å². The molecule has 1 saturated heterocycles. The Morgan fingerprint density at radius 1 is 1.10 bits per heavy atom. The van der Waals surface area contributed by atoms with E-state index in [-0.39, 0.29) is 11.8 Å². The zero-order chi connectivity index (χ0) is 21.2. The summed E-state index contributed by atoms with van der Waals surface area (Å²) < 4.78 is 7.61. The summed E-state index contributed by atoms with van der Waals surface area (Å²) in [6, 6.07) is 7.51. The quantitative estimate of drug-likeness (QED) is 0.696. The second kappa shape index (κ2) is 8.53. The van der Waals surface area contributed by atoms with E-state index < -0.39 is 0 Å². The summed E-state index contributed by atoms with van der Waals surface area (Å²) in [5.41, 5.74) is 2.56. The smallest absolute Gasteiger partial charge is 0.227 e. The average molecular weight is 421 g/mol. The molecule has 1 N–H and O–H groups in total. The molecular weight excluding hydrogens is 392 g/mol. The van der Waals surface area contributed by atoms with Gasteiger partial charge in [0.2, 0.25) is 5.91 Å². The van der Waals surface area contributed by atoms with E-state index in [1.54, 1.807) is 13.4 Å². The Bertz CT molecular complexity index is 1090.